The van der Waals surface area contributed by atoms with Crippen LogP contribution in [0.15, 0.2) is 162 Å². The molecule has 2 aliphatic rings. The standard InChI is InChI=1S/C34H36F3N3O3.C21H22F2N2S.C13H14FNO3.C4H6O4.C2H3BO2.Na/c1-34(2,3)31(38-18-24-19-40(20-28(24)37)33(41)42-21-23-12-8-5-9-13-23)30-29(16-22-10-6-4-7-11-22)43-32(39-30)26-17-25(35)14-15-27(26)36;1-21(2,3)19(24)18-17(11-13-7-5-4-6-8-13)26-20(25-18)15-12-14(22)9-10-16(15)23;14-12-7-15(6-11(12)8-16)13(17)18-9-10-4-2-1-3-5-10;1-3(5)7-8-4(2)6;1-2(4)5-3;/h4-15,17,24,28,31,38H,16,18-21H2,1-3H3;4-10,12,19H,11,24H2,1-3H3;1-5,8,11-12H,6-7,9H2;1-2H3;1H3;/q;;;;-1;+1/t24-,28+,31?;;11-,12-;;;/m1.0.../s1. The number of amides is 2. The Morgan fingerprint density at radius 3 is 1.50 bits per heavy atom. The number of carbonyl (C=O) groups is 6. The number of benzene rings is 6. The van der Waals surface area contributed by atoms with Crippen molar-refractivity contribution >= 4 is 55.8 Å². The number of carbonyl (C=O) groups excluding carboxylic acids is 6. The molecule has 0 saturated carbocycles. The van der Waals surface area contributed by atoms with Crippen LogP contribution < -0.4 is 40.6 Å². The second-order valence-corrected chi connectivity index (χ2v) is 26.6. The van der Waals surface area contributed by atoms with Gasteiger partial charge >= 0.3 is 53.7 Å². The van der Waals surface area contributed by atoms with Crippen molar-refractivity contribution in [2.24, 2.45) is 28.4 Å². The van der Waals surface area contributed by atoms with Gasteiger partial charge in [-0.1, -0.05) is 163 Å². The molecule has 0 bridgehead atoms. The van der Waals surface area contributed by atoms with Gasteiger partial charge in [0.25, 0.3) is 0 Å². The minimum atomic E-state index is -1.29. The fourth-order valence-electron chi connectivity index (χ4n) is 10.0. The number of nitrogens with zero attached hydrogens (tertiary/aromatic N) is 4. The van der Waals surface area contributed by atoms with Gasteiger partial charge in [0.2, 0.25) is 11.9 Å². The number of aldehydes is 1. The number of alkyl halides is 2. The molecule has 2 aromatic heterocycles. The molecule has 0 spiro atoms. The van der Waals surface area contributed by atoms with Crippen LogP contribution in [0.5, 0.6) is 0 Å². The van der Waals surface area contributed by atoms with Gasteiger partial charge in [0.1, 0.15) is 71.6 Å². The molecule has 2 amide bonds. The Morgan fingerprint density at radius 1 is 0.614 bits per heavy atom. The number of hydrogen-bond acceptors (Lipinski definition) is 17. The van der Waals surface area contributed by atoms with E-state index in [1.807, 2.05) is 163 Å². The number of ether oxygens (including phenoxy) is 2. The van der Waals surface area contributed by atoms with Crippen LogP contribution in [0.1, 0.15) is 119 Å². The third kappa shape index (κ3) is 26.7. The Morgan fingerprint density at radius 2 is 1.06 bits per heavy atom. The second kappa shape index (κ2) is 40.1. The molecule has 2 saturated heterocycles. The van der Waals surface area contributed by atoms with Crippen LogP contribution in [0.4, 0.5) is 35.9 Å². The number of nitrogens with two attached hydrogens (primary N) is 1. The van der Waals surface area contributed by atoms with Crippen molar-refractivity contribution in [3.8, 4) is 22.0 Å². The van der Waals surface area contributed by atoms with E-state index in [1.165, 1.54) is 34.1 Å². The zero-order valence-electron chi connectivity index (χ0n) is 57.9. The Balaban J connectivity index is 0.000000268. The minimum Gasteiger partial charge on any atom is -0.793 e. The summed E-state index contributed by atoms with van der Waals surface area (Å²) in [5.74, 6) is -4.68. The van der Waals surface area contributed by atoms with E-state index < -0.39 is 89.0 Å². The molecule has 2 aliphatic heterocycles. The number of nitrogens with one attached hydrogen (secondary N) is 1. The Bertz CT molecular complexity index is 3940. The van der Waals surface area contributed by atoms with Crippen LogP contribution in [0.2, 0.25) is 0 Å². The molecule has 10 rings (SSSR count). The molecule has 6 atom stereocenters. The predicted octanol–water partition coefficient (Wildman–Crippen LogP) is 11.7. The molecule has 18 nitrogen and oxygen atoms in total. The average molecular weight is 1430 g/mol. The van der Waals surface area contributed by atoms with Crippen molar-refractivity contribution < 1.29 is 113 Å². The normalized spacial score (nSPS) is 15.9. The number of likely N-dealkylation sites (tertiary alicyclic amines) is 2. The molecular weight excluding hydrogens is 1340 g/mol. The third-order valence-electron chi connectivity index (χ3n) is 15.3. The smallest absolute Gasteiger partial charge is 0.793 e. The summed E-state index contributed by atoms with van der Waals surface area (Å²) in [6.07, 6.45) is -2.06. The zero-order valence-corrected chi connectivity index (χ0v) is 60.8. The van der Waals surface area contributed by atoms with Crippen molar-refractivity contribution in [3.63, 3.8) is 0 Å². The number of oxazole rings is 1. The van der Waals surface area contributed by atoms with Crippen LogP contribution in [0, 0.1) is 45.9 Å². The number of hydrogen-bond donors (Lipinski definition) is 2. The van der Waals surface area contributed by atoms with E-state index in [1.54, 1.807) is 0 Å². The molecular formula is C74H81BF6N6NaO12S. The summed E-state index contributed by atoms with van der Waals surface area (Å²) in [6, 6.07) is 44.0. The molecule has 3 radical (unpaired) electrons. The third-order valence-corrected chi connectivity index (χ3v) is 16.4. The summed E-state index contributed by atoms with van der Waals surface area (Å²) in [5, 5.41) is 3.93. The fourth-order valence-corrected chi connectivity index (χ4v) is 11.2. The van der Waals surface area contributed by atoms with E-state index in [0.29, 0.717) is 35.6 Å². The molecule has 531 valence electrons. The van der Waals surface area contributed by atoms with Gasteiger partial charge < -0.3 is 52.2 Å². The van der Waals surface area contributed by atoms with E-state index in [4.69, 9.17) is 24.6 Å². The van der Waals surface area contributed by atoms with E-state index in [-0.39, 0.29) is 104 Å². The van der Waals surface area contributed by atoms with Crippen molar-refractivity contribution in [1.82, 2.24) is 25.1 Å². The summed E-state index contributed by atoms with van der Waals surface area (Å²) in [5.41, 5.74) is 11.1. The Hall–Kier alpha value is -8.66. The molecule has 27 heteroatoms. The maximum absolute atomic E-state index is 15.2. The van der Waals surface area contributed by atoms with Gasteiger partial charge in [-0.05, 0) is 69.5 Å². The average Bonchev–Trinajstić information content (AvgIpc) is 1.65. The van der Waals surface area contributed by atoms with Gasteiger partial charge in [-0.25, -0.2) is 65.3 Å². The first-order valence-corrected chi connectivity index (χ1v) is 32.6. The summed E-state index contributed by atoms with van der Waals surface area (Å²) >= 11 is 1.38. The molecule has 8 aromatic rings. The zero-order chi connectivity index (χ0) is 73.3. The second-order valence-electron chi connectivity index (χ2n) is 25.5. The van der Waals surface area contributed by atoms with Crippen molar-refractivity contribution in [2.75, 3.05) is 32.7 Å². The Kier molecular flexibility index (Phi) is 33.0. The number of rotatable bonds is 16. The van der Waals surface area contributed by atoms with Crippen LogP contribution in [-0.4, -0.2) is 109 Å². The van der Waals surface area contributed by atoms with Gasteiger partial charge in [-0.3, -0.25) is 4.79 Å². The molecule has 0 aliphatic carbocycles. The van der Waals surface area contributed by atoms with Gasteiger partial charge in [-0.15, -0.1) is 11.3 Å². The van der Waals surface area contributed by atoms with Crippen molar-refractivity contribution in [1.29, 1.82) is 0 Å². The molecule has 4 heterocycles. The van der Waals surface area contributed by atoms with E-state index in [0.717, 1.165) is 77.0 Å². The first-order chi connectivity index (χ1) is 47.4. The summed E-state index contributed by atoms with van der Waals surface area (Å²) in [6.45, 7) is 16.4. The first-order valence-electron chi connectivity index (χ1n) is 31.8. The van der Waals surface area contributed by atoms with Gasteiger partial charge in [0.05, 0.1) is 42.3 Å². The number of thiazole rings is 1. The van der Waals surface area contributed by atoms with Gasteiger partial charge in [-0.2, -0.15) is 0 Å². The van der Waals surface area contributed by atoms with Crippen molar-refractivity contribution in [3.05, 3.63) is 225 Å². The summed E-state index contributed by atoms with van der Waals surface area (Å²) < 4.78 is 105. The quantitative estimate of drug-likeness (QED) is 0.0301. The largest absolute Gasteiger partial charge is 1.00 e. The fraction of sp³-hybridized carbons (Fsp3) is 0.351. The number of halogens is 6. The monoisotopic (exact) mass is 1430 g/mol. The maximum Gasteiger partial charge on any atom is 1.00 e. The summed E-state index contributed by atoms with van der Waals surface area (Å²) in [4.78, 5) is 84.6. The summed E-state index contributed by atoms with van der Waals surface area (Å²) in [7, 11) is 4.32. The Labute approximate surface area is 611 Å². The van der Waals surface area contributed by atoms with E-state index in [9.17, 15) is 50.7 Å². The van der Waals surface area contributed by atoms with E-state index in [2.05, 4.69) is 32.8 Å². The number of aromatic nitrogens is 2. The van der Waals surface area contributed by atoms with Crippen LogP contribution in [0.3, 0.4) is 0 Å². The minimum absolute atomic E-state index is 0. The van der Waals surface area contributed by atoms with E-state index >= 15 is 4.39 Å². The first kappa shape index (κ1) is 83.0. The van der Waals surface area contributed by atoms with Crippen LogP contribution >= 0.6 is 11.3 Å². The SMILES string of the molecule is CC(=O)OOC(C)=O.CC(C)(C)C(N)c1nc(-c2cc(F)ccc2F)sc1Cc1ccccc1.CC(C)(C)C(NC[C@@H]1CN(C(=O)OCc2ccccc2)C[C@@H]1F)c1nc(-c2cc(F)ccc2F)oc1Cc1ccccc1.O=C[C@@H]1CN(C(=O)OCc2ccccc2)C[C@@H]1F.[B-]OC(C)=O.[Na+]. The van der Waals surface area contributed by atoms with Crippen molar-refractivity contribution in [2.45, 2.75) is 113 Å². The van der Waals surface area contributed by atoms with Gasteiger partial charge in [0.15, 0.2) is 0 Å². The molecule has 2 fully saturated rings. The molecule has 101 heavy (non-hydrogen) atoms. The molecule has 6 aromatic carbocycles. The van der Waals surface area contributed by atoms with Crippen LogP contribution in [0.25, 0.3) is 22.0 Å². The maximum atomic E-state index is 15.2. The predicted molar refractivity (Wildman–Crippen MR) is 365 cm³/mol. The topological polar surface area (TPSA) is 232 Å². The molecule has 2 unspecified atom stereocenters. The van der Waals surface area contributed by atoms with Crippen LogP contribution in [-0.2, 0) is 69.1 Å². The van der Waals surface area contributed by atoms with Gasteiger partial charge in [0, 0.05) is 69.6 Å². The molecule has 3 N–H and O–H groups in total.